The van der Waals surface area contributed by atoms with Crippen LogP contribution < -0.4 is 0 Å². The van der Waals surface area contributed by atoms with E-state index in [0.29, 0.717) is 5.39 Å². The minimum absolute atomic E-state index is 0.236. The molecule has 14 heavy (non-hydrogen) atoms. The second-order valence-electron chi connectivity index (χ2n) is 3.17. The molecule has 2 aromatic rings. The number of fused-ring (bicyclic) bond motifs is 1. The molecule has 0 N–H and O–H groups in total. The van der Waals surface area contributed by atoms with Crippen molar-refractivity contribution in [1.82, 2.24) is 4.57 Å². The van der Waals surface area contributed by atoms with Gasteiger partial charge in [0.1, 0.15) is 0 Å². The number of nitrogens with zero attached hydrogens (tertiary/aromatic N) is 1. The Bertz CT molecular complexity index is 468. The normalized spacial score (nSPS) is 12.3. The molecule has 1 heterocycles. The maximum Gasteiger partial charge on any atom is 0.418 e. The molecule has 0 fully saturated rings. The first kappa shape index (κ1) is 9.12. The molecule has 0 spiro atoms. The molecule has 1 aromatic carbocycles. The van der Waals surface area contributed by atoms with Gasteiger partial charge in [0.15, 0.2) is 0 Å². The lowest BCUT2D eigenvalue weighted by Gasteiger charge is -2.09. The van der Waals surface area contributed by atoms with Crippen LogP contribution in [0.4, 0.5) is 13.2 Å². The molecular weight excluding hydrogens is 191 g/mol. The predicted octanol–water partition coefficient (Wildman–Crippen LogP) is 3.20. The number of aromatic nitrogens is 1. The van der Waals surface area contributed by atoms with E-state index in [1.165, 1.54) is 10.6 Å². The monoisotopic (exact) mass is 199 g/mol. The molecular formula is C10H8F3N. The molecule has 0 radical (unpaired) electrons. The third kappa shape index (κ3) is 1.27. The van der Waals surface area contributed by atoms with E-state index in [9.17, 15) is 13.2 Å². The van der Waals surface area contributed by atoms with Crippen molar-refractivity contribution in [2.24, 2.45) is 7.05 Å². The van der Waals surface area contributed by atoms with Crippen molar-refractivity contribution in [3.8, 4) is 0 Å². The molecule has 0 atom stereocenters. The van der Waals surface area contributed by atoms with Crippen molar-refractivity contribution in [2.45, 2.75) is 6.18 Å². The van der Waals surface area contributed by atoms with Gasteiger partial charge < -0.3 is 4.57 Å². The summed E-state index contributed by atoms with van der Waals surface area (Å²) < 4.78 is 39.2. The zero-order valence-electron chi connectivity index (χ0n) is 7.47. The summed E-state index contributed by atoms with van der Waals surface area (Å²) in [7, 11) is 1.61. The van der Waals surface area contributed by atoms with Crippen LogP contribution in [0, 0.1) is 0 Å². The van der Waals surface area contributed by atoms with E-state index in [0.717, 1.165) is 6.07 Å². The van der Waals surface area contributed by atoms with Crippen LogP contribution in [-0.4, -0.2) is 4.57 Å². The zero-order chi connectivity index (χ0) is 10.3. The van der Waals surface area contributed by atoms with E-state index >= 15 is 0 Å². The Morgan fingerprint density at radius 3 is 2.50 bits per heavy atom. The molecule has 0 aliphatic carbocycles. The van der Waals surface area contributed by atoms with Crippen molar-refractivity contribution in [3.63, 3.8) is 0 Å². The minimum Gasteiger partial charge on any atom is -0.350 e. The number of rotatable bonds is 0. The third-order valence-electron chi connectivity index (χ3n) is 2.20. The van der Waals surface area contributed by atoms with E-state index in [4.69, 9.17) is 0 Å². The molecule has 2 rings (SSSR count). The smallest absolute Gasteiger partial charge is 0.350 e. The first-order valence-corrected chi connectivity index (χ1v) is 4.11. The average molecular weight is 199 g/mol. The Hall–Kier alpha value is -1.45. The molecule has 0 saturated carbocycles. The highest BCUT2D eigenvalue weighted by atomic mass is 19.4. The van der Waals surface area contributed by atoms with Crippen LogP contribution in [0.15, 0.2) is 30.5 Å². The van der Waals surface area contributed by atoms with Crippen molar-refractivity contribution in [3.05, 3.63) is 36.0 Å². The summed E-state index contributed by atoms with van der Waals surface area (Å²) in [5.41, 5.74) is -0.345. The highest BCUT2D eigenvalue weighted by Crippen LogP contribution is 2.34. The van der Waals surface area contributed by atoms with Crippen molar-refractivity contribution >= 4 is 10.9 Å². The summed E-state index contributed by atoms with van der Waals surface area (Å²) in [6.45, 7) is 0. The molecule has 0 amide bonds. The molecule has 0 aliphatic heterocycles. The summed E-state index contributed by atoms with van der Waals surface area (Å²) in [6, 6.07) is 5.86. The largest absolute Gasteiger partial charge is 0.418 e. The van der Waals surface area contributed by atoms with Gasteiger partial charge in [0.25, 0.3) is 0 Å². The molecule has 0 saturated heterocycles. The topological polar surface area (TPSA) is 4.93 Å². The Labute approximate surface area is 78.8 Å². The van der Waals surface area contributed by atoms with Crippen LogP contribution in [0.25, 0.3) is 10.9 Å². The standard InChI is InChI=1S/C10H8F3N/c1-14-6-5-7-3-2-4-8(9(7)14)10(11,12)13/h2-6H,1H3. The molecule has 1 nitrogen and oxygen atoms in total. The number of hydrogen-bond donors (Lipinski definition) is 0. The fourth-order valence-corrected chi connectivity index (χ4v) is 1.58. The molecule has 74 valence electrons. The lowest BCUT2D eigenvalue weighted by atomic mass is 10.1. The Balaban J connectivity index is 2.82. The lowest BCUT2D eigenvalue weighted by Crippen LogP contribution is -2.07. The molecule has 0 aliphatic rings. The maximum atomic E-state index is 12.6. The minimum atomic E-state index is -4.29. The predicted molar refractivity (Wildman–Crippen MR) is 47.9 cm³/mol. The van der Waals surface area contributed by atoms with Gasteiger partial charge in [0, 0.05) is 18.6 Å². The fourth-order valence-electron chi connectivity index (χ4n) is 1.58. The quantitative estimate of drug-likeness (QED) is 0.614. The second kappa shape index (κ2) is 2.77. The van der Waals surface area contributed by atoms with Gasteiger partial charge in [-0.25, -0.2) is 0 Å². The van der Waals surface area contributed by atoms with Crippen LogP contribution in [0.3, 0.4) is 0 Å². The Kier molecular flexibility index (Phi) is 1.80. The molecule has 0 bridgehead atoms. The van der Waals surface area contributed by atoms with Crippen LogP contribution >= 0.6 is 0 Å². The summed E-state index contributed by atoms with van der Waals surface area (Å²) in [6.07, 6.45) is -2.66. The summed E-state index contributed by atoms with van der Waals surface area (Å²) in [4.78, 5) is 0. The number of aryl methyl sites for hydroxylation is 1. The Morgan fingerprint density at radius 2 is 1.86 bits per heavy atom. The number of halogens is 3. The van der Waals surface area contributed by atoms with Crippen LogP contribution in [-0.2, 0) is 13.2 Å². The zero-order valence-corrected chi connectivity index (χ0v) is 7.47. The van der Waals surface area contributed by atoms with Gasteiger partial charge in [-0.1, -0.05) is 12.1 Å². The van der Waals surface area contributed by atoms with Gasteiger partial charge in [-0.15, -0.1) is 0 Å². The van der Waals surface area contributed by atoms with Crippen LogP contribution in [0.2, 0.25) is 0 Å². The van der Waals surface area contributed by atoms with Gasteiger partial charge in [-0.05, 0) is 12.1 Å². The third-order valence-corrected chi connectivity index (χ3v) is 2.20. The highest BCUT2D eigenvalue weighted by Gasteiger charge is 2.33. The first-order chi connectivity index (χ1) is 6.50. The van der Waals surface area contributed by atoms with Gasteiger partial charge >= 0.3 is 6.18 Å². The number of para-hydroxylation sites is 1. The van der Waals surface area contributed by atoms with Gasteiger partial charge in [-0.3, -0.25) is 0 Å². The van der Waals surface area contributed by atoms with E-state index in [1.54, 1.807) is 25.4 Å². The SMILES string of the molecule is Cn1ccc2cccc(C(F)(F)F)c21. The fraction of sp³-hybridized carbons (Fsp3) is 0.200. The van der Waals surface area contributed by atoms with Crippen LogP contribution in [0.1, 0.15) is 5.56 Å². The highest BCUT2D eigenvalue weighted by molar-refractivity contribution is 5.83. The van der Waals surface area contributed by atoms with Crippen molar-refractivity contribution < 1.29 is 13.2 Å². The molecule has 4 heteroatoms. The van der Waals surface area contributed by atoms with E-state index in [-0.39, 0.29) is 5.52 Å². The van der Waals surface area contributed by atoms with E-state index in [1.807, 2.05) is 0 Å². The molecule has 0 unspecified atom stereocenters. The maximum absolute atomic E-state index is 12.6. The van der Waals surface area contributed by atoms with Gasteiger partial charge in [-0.2, -0.15) is 13.2 Å². The number of benzene rings is 1. The number of hydrogen-bond acceptors (Lipinski definition) is 0. The average Bonchev–Trinajstić information content (AvgIpc) is 2.46. The Morgan fingerprint density at radius 1 is 1.14 bits per heavy atom. The van der Waals surface area contributed by atoms with Crippen molar-refractivity contribution in [1.29, 1.82) is 0 Å². The number of alkyl halides is 3. The first-order valence-electron chi connectivity index (χ1n) is 4.11. The molecule has 1 aromatic heterocycles. The van der Waals surface area contributed by atoms with E-state index < -0.39 is 11.7 Å². The second-order valence-corrected chi connectivity index (χ2v) is 3.17. The van der Waals surface area contributed by atoms with Gasteiger partial charge in [0.05, 0.1) is 11.1 Å². The van der Waals surface area contributed by atoms with E-state index in [2.05, 4.69) is 0 Å². The van der Waals surface area contributed by atoms with Gasteiger partial charge in [0.2, 0.25) is 0 Å². The van der Waals surface area contributed by atoms with Crippen LogP contribution in [0.5, 0.6) is 0 Å². The van der Waals surface area contributed by atoms with Crippen molar-refractivity contribution in [2.75, 3.05) is 0 Å². The summed E-state index contributed by atoms with van der Waals surface area (Å²) in [5, 5.41) is 0.613. The summed E-state index contributed by atoms with van der Waals surface area (Å²) >= 11 is 0. The summed E-state index contributed by atoms with van der Waals surface area (Å²) in [5.74, 6) is 0. The lowest BCUT2D eigenvalue weighted by molar-refractivity contribution is -0.136.